The number of hydrogen-bond donors (Lipinski definition) is 0. The predicted octanol–water partition coefficient (Wildman–Crippen LogP) is 3.04. The molecule has 0 unspecified atom stereocenters. The minimum atomic E-state index is 0.223. The summed E-state index contributed by atoms with van der Waals surface area (Å²) in [6, 6.07) is 5.37. The van der Waals surface area contributed by atoms with Crippen LogP contribution in [0.15, 0.2) is 17.5 Å². The van der Waals surface area contributed by atoms with E-state index in [4.69, 9.17) is 16.9 Å². The number of hydrogen-bond acceptors (Lipinski definition) is 4. The first-order chi connectivity index (χ1) is 7.20. The zero-order valence-electron chi connectivity index (χ0n) is 7.86. The lowest BCUT2D eigenvalue weighted by Crippen LogP contribution is -1.87. The Hall–Kier alpha value is -1.44. The van der Waals surface area contributed by atoms with E-state index >= 15 is 0 Å². The zero-order valence-corrected chi connectivity index (χ0v) is 9.43. The third-order valence-corrected chi connectivity index (χ3v) is 2.91. The summed E-state index contributed by atoms with van der Waals surface area (Å²) in [4.78, 5) is 8.41. The van der Waals surface area contributed by atoms with Gasteiger partial charge in [-0.05, 0) is 19.1 Å². The van der Waals surface area contributed by atoms with Gasteiger partial charge in [0.15, 0.2) is 0 Å². The van der Waals surface area contributed by atoms with Crippen LogP contribution in [-0.4, -0.2) is 9.97 Å². The number of nitrogens with zero attached hydrogens (tertiary/aromatic N) is 3. The first-order valence-corrected chi connectivity index (χ1v) is 5.45. The largest absolute Gasteiger partial charge is 0.240 e. The van der Waals surface area contributed by atoms with Gasteiger partial charge in [0.25, 0.3) is 0 Å². The molecule has 0 aromatic carbocycles. The highest BCUT2D eigenvalue weighted by molar-refractivity contribution is 7.09. The number of aromatic nitrogens is 2. The quantitative estimate of drug-likeness (QED) is 0.714. The van der Waals surface area contributed by atoms with Crippen molar-refractivity contribution in [3.8, 4) is 17.5 Å². The lowest BCUT2D eigenvalue weighted by atomic mass is 10.2. The third-order valence-electron chi connectivity index (χ3n) is 1.85. The molecule has 2 aromatic heterocycles. The highest BCUT2D eigenvalue weighted by atomic mass is 35.5. The van der Waals surface area contributed by atoms with Crippen molar-refractivity contribution in [3.63, 3.8) is 0 Å². The fourth-order valence-corrected chi connectivity index (χ4v) is 1.94. The van der Waals surface area contributed by atoms with Crippen molar-refractivity contribution in [1.82, 2.24) is 9.97 Å². The van der Waals surface area contributed by atoms with E-state index in [0.29, 0.717) is 11.3 Å². The van der Waals surface area contributed by atoms with Crippen LogP contribution in [0, 0.1) is 18.3 Å². The van der Waals surface area contributed by atoms with Crippen LogP contribution in [0.3, 0.4) is 0 Å². The molecule has 0 atom stereocenters. The summed E-state index contributed by atoms with van der Waals surface area (Å²) < 4.78 is 0. The Morgan fingerprint density at radius 1 is 1.33 bits per heavy atom. The van der Waals surface area contributed by atoms with Crippen molar-refractivity contribution < 1.29 is 0 Å². The first kappa shape index (κ1) is 10.1. The number of nitriles is 1. The Labute approximate surface area is 96.0 Å². The van der Waals surface area contributed by atoms with Crippen LogP contribution in [0.2, 0.25) is 5.15 Å². The number of rotatable bonds is 1. The standard InChI is InChI=1S/C10H6ClN3S/c1-6-13-9(5-15-6)8-3-2-7(4-12)10(11)14-8/h2-3,5H,1H3. The van der Waals surface area contributed by atoms with Crippen molar-refractivity contribution >= 4 is 22.9 Å². The monoisotopic (exact) mass is 235 g/mol. The van der Waals surface area contributed by atoms with Gasteiger partial charge in [-0.2, -0.15) is 5.26 Å². The lowest BCUT2D eigenvalue weighted by molar-refractivity contribution is 1.23. The maximum Gasteiger partial charge on any atom is 0.147 e. The summed E-state index contributed by atoms with van der Waals surface area (Å²) in [5, 5.41) is 11.8. The van der Waals surface area contributed by atoms with Crippen molar-refractivity contribution in [2.45, 2.75) is 6.92 Å². The van der Waals surface area contributed by atoms with Gasteiger partial charge in [-0.3, -0.25) is 0 Å². The SMILES string of the molecule is Cc1nc(-c2ccc(C#N)c(Cl)n2)cs1. The van der Waals surface area contributed by atoms with Crippen LogP contribution in [0.1, 0.15) is 10.6 Å². The molecule has 0 saturated carbocycles. The summed E-state index contributed by atoms with van der Waals surface area (Å²) in [7, 11) is 0. The molecule has 0 radical (unpaired) electrons. The third kappa shape index (κ3) is 1.99. The van der Waals surface area contributed by atoms with Crippen LogP contribution < -0.4 is 0 Å². The topological polar surface area (TPSA) is 49.6 Å². The number of pyridine rings is 1. The van der Waals surface area contributed by atoms with Crippen molar-refractivity contribution in [2.24, 2.45) is 0 Å². The van der Waals surface area contributed by atoms with Gasteiger partial charge in [0.05, 0.1) is 22.0 Å². The summed E-state index contributed by atoms with van der Waals surface area (Å²) in [6.07, 6.45) is 0. The highest BCUT2D eigenvalue weighted by Crippen LogP contribution is 2.22. The molecule has 0 spiro atoms. The Morgan fingerprint density at radius 2 is 2.13 bits per heavy atom. The molecule has 2 aromatic rings. The summed E-state index contributed by atoms with van der Waals surface area (Å²) in [6.45, 7) is 1.93. The van der Waals surface area contributed by atoms with Gasteiger partial charge < -0.3 is 0 Å². The van der Waals surface area contributed by atoms with Crippen molar-refractivity contribution in [3.05, 3.63) is 33.2 Å². The van der Waals surface area contributed by atoms with E-state index in [1.807, 2.05) is 18.4 Å². The van der Waals surface area contributed by atoms with Crippen LogP contribution in [-0.2, 0) is 0 Å². The molecular formula is C10H6ClN3S. The molecule has 15 heavy (non-hydrogen) atoms. The van der Waals surface area contributed by atoms with Gasteiger partial charge in [-0.1, -0.05) is 11.6 Å². The molecule has 0 N–H and O–H groups in total. The zero-order chi connectivity index (χ0) is 10.8. The van der Waals surface area contributed by atoms with Crippen LogP contribution >= 0.6 is 22.9 Å². The van der Waals surface area contributed by atoms with E-state index in [1.54, 1.807) is 23.5 Å². The van der Waals surface area contributed by atoms with Crippen LogP contribution in [0.4, 0.5) is 0 Å². The van der Waals surface area contributed by atoms with Crippen LogP contribution in [0.25, 0.3) is 11.4 Å². The van der Waals surface area contributed by atoms with E-state index in [9.17, 15) is 0 Å². The van der Waals surface area contributed by atoms with Gasteiger partial charge in [-0.25, -0.2) is 9.97 Å². The molecule has 2 heterocycles. The predicted molar refractivity (Wildman–Crippen MR) is 59.8 cm³/mol. The second-order valence-corrected chi connectivity index (χ2v) is 4.32. The fourth-order valence-electron chi connectivity index (χ4n) is 1.14. The molecule has 74 valence electrons. The highest BCUT2D eigenvalue weighted by Gasteiger charge is 2.07. The molecule has 5 heteroatoms. The molecule has 0 aliphatic rings. The molecular weight excluding hydrogens is 230 g/mol. The molecule has 3 nitrogen and oxygen atoms in total. The lowest BCUT2D eigenvalue weighted by Gasteiger charge is -1.97. The smallest absolute Gasteiger partial charge is 0.147 e. The maximum atomic E-state index is 8.70. The Bertz CT molecular complexity index is 542. The number of aryl methyl sites for hydroxylation is 1. The number of thiazole rings is 1. The molecule has 0 amide bonds. The summed E-state index contributed by atoms with van der Waals surface area (Å²) >= 11 is 7.38. The molecule has 0 bridgehead atoms. The second kappa shape index (κ2) is 3.97. The maximum absolute atomic E-state index is 8.70. The molecule has 0 saturated heterocycles. The molecule has 0 aliphatic heterocycles. The van der Waals surface area contributed by atoms with Gasteiger partial charge in [0, 0.05) is 5.38 Å². The molecule has 0 aliphatic carbocycles. The normalized spacial score (nSPS) is 9.93. The average Bonchev–Trinajstić information content (AvgIpc) is 2.65. The first-order valence-electron chi connectivity index (χ1n) is 4.20. The fraction of sp³-hybridized carbons (Fsp3) is 0.100. The Morgan fingerprint density at radius 3 is 2.67 bits per heavy atom. The minimum Gasteiger partial charge on any atom is -0.240 e. The minimum absolute atomic E-state index is 0.223. The van der Waals surface area contributed by atoms with E-state index in [1.165, 1.54) is 0 Å². The van der Waals surface area contributed by atoms with E-state index < -0.39 is 0 Å². The van der Waals surface area contributed by atoms with Crippen molar-refractivity contribution in [1.29, 1.82) is 5.26 Å². The Kier molecular flexibility index (Phi) is 2.67. The van der Waals surface area contributed by atoms with Crippen LogP contribution in [0.5, 0.6) is 0 Å². The number of halogens is 1. The Balaban J connectivity index is 2.48. The molecule has 0 fully saturated rings. The van der Waals surface area contributed by atoms with Crippen molar-refractivity contribution in [2.75, 3.05) is 0 Å². The summed E-state index contributed by atoms with van der Waals surface area (Å²) in [5.74, 6) is 0. The van der Waals surface area contributed by atoms with E-state index in [-0.39, 0.29) is 5.15 Å². The summed E-state index contributed by atoms with van der Waals surface area (Å²) in [5.41, 5.74) is 1.87. The second-order valence-electron chi connectivity index (χ2n) is 2.90. The van der Waals surface area contributed by atoms with Gasteiger partial charge >= 0.3 is 0 Å². The van der Waals surface area contributed by atoms with E-state index in [0.717, 1.165) is 10.7 Å². The van der Waals surface area contributed by atoms with Gasteiger partial charge in [0.2, 0.25) is 0 Å². The van der Waals surface area contributed by atoms with Gasteiger partial charge in [0.1, 0.15) is 11.2 Å². The van der Waals surface area contributed by atoms with E-state index in [2.05, 4.69) is 9.97 Å². The molecule has 2 rings (SSSR count). The average molecular weight is 236 g/mol. The van der Waals surface area contributed by atoms with Gasteiger partial charge in [-0.15, -0.1) is 11.3 Å².